The predicted octanol–water partition coefficient (Wildman–Crippen LogP) is 17.8. The van der Waals surface area contributed by atoms with Crippen molar-refractivity contribution < 1.29 is 0 Å². The normalized spacial score (nSPS) is 21.3. The zero-order valence-electron chi connectivity index (χ0n) is 45.9. The number of benzene rings is 8. The lowest BCUT2D eigenvalue weighted by Crippen LogP contribution is -2.70. The molecule has 3 aliphatic heterocycles. The van der Waals surface area contributed by atoms with Crippen molar-refractivity contribution in [2.24, 2.45) is 0 Å². The molecule has 0 N–H and O–H groups in total. The summed E-state index contributed by atoms with van der Waals surface area (Å²) < 4.78 is 0. The first-order valence-electron chi connectivity index (χ1n) is 28.5. The number of rotatable bonds is 8. The van der Waals surface area contributed by atoms with E-state index >= 15 is 0 Å². The first kappa shape index (κ1) is 46.7. The molecule has 3 nitrogen and oxygen atoms in total. The van der Waals surface area contributed by atoms with E-state index in [4.69, 9.17) is 0 Å². The maximum atomic E-state index is 3.02. The van der Waals surface area contributed by atoms with Crippen LogP contribution in [0.25, 0.3) is 33.4 Å². The van der Waals surface area contributed by atoms with Crippen molar-refractivity contribution in [2.75, 3.05) is 14.6 Å². The molecule has 75 heavy (non-hydrogen) atoms. The van der Waals surface area contributed by atoms with Gasteiger partial charge >= 0.3 is 6.85 Å². The van der Waals surface area contributed by atoms with E-state index in [1.54, 1.807) is 11.1 Å². The lowest BCUT2D eigenvalue weighted by molar-refractivity contribution is 0.199. The zero-order chi connectivity index (χ0) is 51.4. The largest absolute Gasteiger partial charge is 0.400 e. The molecule has 3 heterocycles. The van der Waals surface area contributed by atoms with Crippen LogP contribution < -0.4 is 25.5 Å². The number of hydrogen-bond donors (Lipinski definition) is 0. The molecule has 0 saturated heterocycles. The Morgan fingerprint density at radius 2 is 1.12 bits per heavy atom. The molecule has 1 saturated carbocycles. The molecule has 6 aliphatic rings. The first-order valence-corrected chi connectivity index (χ1v) is 28.5. The highest BCUT2D eigenvalue weighted by Gasteiger charge is 2.63. The summed E-state index contributed by atoms with van der Waals surface area (Å²) in [5, 5.41) is 0. The minimum Gasteiger partial charge on any atom is -0.400 e. The zero-order valence-corrected chi connectivity index (χ0v) is 45.9. The third kappa shape index (κ3) is 6.53. The second-order valence-electron chi connectivity index (χ2n) is 25.7. The first-order chi connectivity index (χ1) is 36.1. The summed E-state index contributed by atoms with van der Waals surface area (Å²) in [6, 6.07) is 64.1. The van der Waals surface area contributed by atoms with Gasteiger partial charge in [0.05, 0.1) is 5.69 Å². The average molecular weight is 978 g/mol. The number of anilines is 7. The van der Waals surface area contributed by atoms with Gasteiger partial charge in [0.1, 0.15) is 0 Å². The standard InChI is InChI=1S/C71H72BN3/c1-10-11-24-46-33-34-62(52(39-46)47-25-15-12-16-26-47)74-63-45-58-54(53-42-59-60(44-57(53)69(58,6)7)68(4,5)38-37-67(59,2)3)43-61(63)72-65-55(51-31-23-32-56-66(51)75(72)71(9)36-22-21-35-70(56,71)8)40-50(41-64(65)74)73(48-27-17-13-18-28-48)49-29-19-14-20-30-49/h12-20,23,25-34,39-45H,10-11,21-22,24,35-38H2,1-9H3. The monoisotopic (exact) mass is 978 g/mol. The summed E-state index contributed by atoms with van der Waals surface area (Å²) >= 11 is 0. The fourth-order valence-electron chi connectivity index (χ4n) is 15.7. The van der Waals surface area contributed by atoms with Gasteiger partial charge in [-0.2, -0.15) is 0 Å². The molecule has 2 atom stereocenters. The topological polar surface area (TPSA) is 9.72 Å². The summed E-state index contributed by atoms with van der Waals surface area (Å²) in [6.07, 6.45) is 10.7. The lowest BCUT2D eigenvalue weighted by atomic mass is 9.42. The molecule has 3 aliphatic carbocycles. The smallest absolute Gasteiger partial charge is 0.328 e. The maximum Gasteiger partial charge on any atom is 0.328 e. The van der Waals surface area contributed by atoms with Crippen molar-refractivity contribution in [2.45, 2.75) is 147 Å². The maximum absolute atomic E-state index is 3.02. The number of fused-ring (bicyclic) bond motifs is 11. The molecule has 8 aromatic carbocycles. The van der Waals surface area contributed by atoms with Crippen LogP contribution in [-0.2, 0) is 28.1 Å². The molecule has 2 unspecified atom stereocenters. The molecule has 0 bridgehead atoms. The lowest BCUT2D eigenvalue weighted by Gasteiger charge is -2.55. The average Bonchev–Trinajstić information content (AvgIpc) is 3.86. The summed E-state index contributed by atoms with van der Waals surface area (Å²) in [5.74, 6) is 0. The molecule has 1 fully saturated rings. The van der Waals surface area contributed by atoms with Crippen LogP contribution in [0.3, 0.4) is 0 Å². The Labute approximate surface area is 447 Å². The van der Waals surface area contributed by atoms with E-state index in [-0.39, 0.29) is 34.0 Å². The second kappa shape index (κ2) is 16.4. The number of para-hydroxylation sites is 3. The van der Waals surface area contributed by atoms with E-state index in [2.05, 4.69) is 241 Å². The van der Waals surface area contributed by atoms with E-state index in [1.807, 2.05) is 0 Å². The number of hydrogen-bond acceptors (Lipinski definition) is 3. The van der Waals surface area contributed by atoms with E-state index in [0.29, 0.717) is 0 Å². The van der Waals surface area contributed by atoms with Crippen LogP contribution in [0.15, 0.2) is 164 Å². The Hall–Kier alpha value is -6.78. The van der Waals surface area contributed by atoms with Crippen LogP contribution in [0.2, 0.25) is 0 Å². The molecular weight excluding hydrogens is 906 g/mol. The quantitative estimate of drug-likeness (QED) is 0.141. The van der Waals surface area contributed by atoms with E-state index in [9.17, 15) is 0 Å². The van der Waals surface area contributed by atoms with Gasteiger partial charge in [-0.3, -0.25) is 0 Å². The van der Waals surface area contributed by atoms with Crippen molar-refractivity contribution in [1.82, 2.24) is 0 Å². The van der Waals surface area contributed by atoms with Crippen LogP contribution in [0.5, 0.6) is 0 Å². The summed E-state index contributed by atoms with van der Waals surface area (Å²) in [7, 11) is 0. The minimum absolute atomic E-state index is 0.00337. The Morgan fingerprint density at radius 3 is 1.81 bits per heavy atom. The molecule has 0 spiro atoms. The highest BCUT2D eigenvalue weighted by atomic mass is 15.2. The Bertz CT molecular complexity index is 3590. The molecule has 4 heteroatoms. The predicted molar refractivity (Wildman–Crippen MR) is 320 cm³/mol. The van der Waals surface area contributed by atoms with Gasteiger partial charge < -0.3 is 14.6 Å². The number of nitrogens with zero attached hydrogens (tertiary/aromatic N) is 3. The van der Waals surface area contributed by atoms with Gasteiger partial charge in [0.15, 0.2) is 0 Å². The molecule has 0 radical (unpaired) electrons. The van der Waals surface area contributed by atoms with Gasteiger partial charge in [-0.1, -0.05) is 178 Å². The number of aryl methyl sites for hydroxylation is 1. The van der Waals surface area contributed by atoms with Crippen molar-refractivity contribution >= 4 is 57.6 Å². The third-order valence-electron chi connectivity index (χ3n) is 20.2. The molecule has 14 rings (SSSR count). The van der Waals surface area contributed by atoms with Crippen LogP contribution in [0, 0.1) is 0 Å². The van der Waals surface area contributed by atoms with Crippen LogP contribution in [0.4, 0.5) is 39.8 Å². The molecule has 8 aromatic rings. The molecule has 0 aromatic heterocycles. The highest BCUT2D eigenvalue weighted by molar-refractivity contribution is 6.93. The SMILES string of the molecule is CCCCc1ccc(N2c3cc4c(cc3B3c5c(cc(N(c6ccccc6)c6ccccc6)cc52)-c2cccc5c2N3C2(C)CCCCC52C)-c2cc3c(cc2C4(C)C)C(C)(C)CCC3(C)C)c(-c2ccccc2)c1. The van der Waals surface area contributed by atoms with Gasteiger partial charge in [-0.05, 0) is 184 Å². The summed E-state index contributed by atoms with van der Waals surface area (Å²) in [6.45, 7) is 22.6. The Kier molecular flexibility index (Phi) is 10.2. The van der Waals surface area contributed by atoms with E-state index in [1.165, 1.54) is 141 Å². The Morgan fingerprint density at radius 1 is 0.480 bits per heavy atom. The van der Waals surface area contributed by atoms with Gasteiger partial charge in [0, 0.05) is 61.6 Å². The van der Waals surface area contributed by atoms with Gasteiger partial charge in [-0.25, -0.2) is 0 Å². The fraction of sp³-hybridized carbons (Fsp3) is 0.324. The van der Waals surface area contributed by atoms with Crippen molar-refractivity contribution in [3.63, 3.8) is 0 Å². The summed E-state index contributed by atoms with van der Waals surface area (Å²) in [5.41, 5.74) is 28.5. The van der Waals surface area contributed by atoms with Crippen molar-refractivity contribution in [1.29, 1.82) is 0 Å². The highest BCUT2D eigenvalue weighted by Crippen LogP contribution is 2.64. The third-order valence-corrected chi connectivity index (χ3v) is 20.2. The van der Waals surface area contributed by atoms with Crippen molar-refractivity contribution in [3.05, 3.63) is 197 Å². The van der Waals surface area contributed by atoms with Gasteiger partial charge in [0.25, 0.3) is 0 Å². The van der Waals surface area contributed by atoms with Crippen LogP contribution in [0.1, 0.15) is 147 Å². The second-order valence-corrected chi connectivity index (χ2v) is 25.7. The minimum atomic E-state index is -0.219. The Balaban J connectivity index is 1.13. The van der Waals surface area contributed by atoms with Gasteiger partial charge in [0.2, 0.25) is 0 Å². The van der Waals surface area contributed by atoms with E-state index in [0.717, 1.165) is 23.5 Å². The van der Waals surface area contributed by atoms with Crippen molar-refractivity contribution in [3.8, 4) is 33.4 Å². The van der Waals surface area contributed by atoms with Gasteiger partial charge in [-0.15, -0.1) is 0 Å². The fourth-order valence-corrected chi connectivity index (χ4v) is 15.7. The summed E-state index contributed by atoms with van der Waals surface area (Å²) in [4.78, 5) is 8.26. The molecule has 374 valence electrons. The van der Waals surface area contributed by atoms with Crippen LogP contribution in [-0.4, -0.2) is 12.4 Å². The van der Waals surface area contributed by atoms with Crippen LogP contribution >= 0.6 is 0 Å². The molecule has 0 amide bonds. The molecular formula is C71H72BN3. The number of unbranched alkanes of at least 4 members (excludes halogenated alkanes) is 1. The van der Waals surface area contributed by atoms with E-state index < -0.39 is 0 Å².